The van der Waals surface area contributed by atoms with Gasteiger partial charge in [-0.3, -0.25) is 9.59 Å². The quantitative estimate of drug-likeness (QED) is 0.503. The second-order valence-corrected chi connectivity index (χ2v) is 9.39. The first-order valence-corrected chi connectivity index (χ1v) is 12.7. The van der Waals surface area contributed by atoms with E-state index in [1.54, 1.807) is 0 Å². The average Bonchev–Trinajstić information content (AvgIpc) is 2.84. The lowest BCUT2D eigenvalue weighted by Gasteiger charge is -2.33. The van der Waals surface area contributed by atoms with Gasteiger partial charge in [0.2, 0.25) is 11.8 Å². The minimum atomic E-state index is -0.443. The SMILES string of the molecule is CCc1ccc(CCC(=O)N(Cc2ccccc2C)[C@H](CC)C(=O)NC2CCCCC2)cc1. The molecule has 4 heteroatoms. The Hall–Kier alpha value is -2.62. The predicted octanol–water partition coefficient (Wildman–Crippen LogP) is 5.75. The lowest BCUT2D eigenvalue weighted by Crippen LogP contribution is -2.51. The first kappa shape index (κ1) is 25.0. The maximum atomic E-state index is 13.5. The molecule has 1 fully saturated rings. The van der Waals surface area contributed by atoms with Crippen molar-refractivity contribution in [1.82, 2.24) is 10.2 Å². The monoisotopic (exact) mass is 448 g/mol. The highest BCUT2D eigenvalue weighted by atomic mass is 16.2. The normalized spacial score (nSPS) is 15.1. The number of amides is 2. The van der Waals surface area contributed by atoms with Crippen LogP contribution in [-0.4, -0.2) is 28.8 Å². The summed E-state index contributed by atoms with van der Waals surface area (Å²) in [7, 11) is 0. The Labute approximate surface area is 199 Å². The summed E-state index contributed by atoms with van der Waals surface area (Å²) in [6.07, 6.45) is 8.40. The molecule has 1 N–H and O–H groups in total. The van der Waals surface area contributed by atoms with E-state index in [1.807, 2.05) is 24.0 Å². The number of carbonyl (C=O) groups is 2. The van der Waals surface area contributed by atoms with E-state index in [0.717, 1.165) is 36.0 Å². The Morgan fingerprint density at radius 3 is 2.27 bits per heavy atom. The van der Waals surface area contributed by atoms with Gasteiger partial charge in [-0.15, -0.1) is 0 Å². The van der Waals surface area contributed by atoms with E-state index in [1.165, 1.54) is 24.8 Å². The molecule has 1 aliphatic carbocycles. The van der Waals surface area contributed by atoms with Crippen molar-refractivity contribution in [3.8, 4) is 0 Å². The second kappa shape index (κ2) is 12.6. The zero-order valence-electron chi connectivity index (χ0n) is 20.6. The summed E-state index contributed by atoms with van der Waals surface area (Å²) in [4.78, 5) is 28.6. The average molecular weight is 449 g/mol. The molecular weight excluding hydrogens is 408 g/mol. The Morgan fingerprint density at radius 1 is 0.970 bits per heavy atom. The third-order valence-electron chi connectivity index (χ3n) is 7.00. The van der Waals surface area contributed by atoms with Gasteiger partial charge in [0.1, 0.15) is 6.04 Å². The molecule has 0 spiro atoms. The van der Waals surface area contributed by atoms with Gasteiger partial charge in [-0.05, 0) is 61.3 Å². The number of hydrogen-bond donors (Lipinski definition) is 1. The fraction of sp³-hybridized carbons (Fsp3) is 0.517. The van der Waals surface area contributed by atoms with Gasteiger partial charge in [0.05, 0.1) is 0 Å². The largest absolute Gasteiger partial charge is 0.352 e. The van der Waals surface area contributed by atoms with Crippen LogP contribution in [0.3, 0.4) is 0 Å². The predicted molar refractivity (Wildman–Crippen MR) is 135 cm³/mol. The van der Waals surface area contributed by atoms with Crippen molar-refractivity contribution >= 4 is 11.8 Å². The molecule has 0 heterocycles. The minimum Gasteiger partial charge on any atom is -0.352 e. The highest BCUT2D eigenvalue weighted by molar-refractivity contribution is 5.88. The first-order valence-electron chi connectivity index (χ1n) is 12.7. The summed E-state index contributed by atoms with van der Waals surface area (Å²) >= 11 is 0. The van der Waals surface area contributed by atoms with Crippen LogP contribution in [0.15, 0.2) is 48.5 Å². The van der Waals surface area contributed by atoms with E-state index in [-0.39, 0.29) is 17.9 Å². The van der Waals surface area contributed by atoms with Crippen LogP contribution in [0.5, 0.6) is 0 Å². The highest BCUT2D eigenvalue weighted by Gasteiger charge is 2.30. The summed E-state index contributed by atoms with van der Waals surface area (Å²) in [6, 6.07) is 16.4. The maximum Gasteiger partial charge on any atom is 0.243 e. The number of hydrogen-bond acceptors (Lipinski definition) is 2. The Bertz CT molecular complexity index is 900. The topological polar surface area (TPSA) is 49.4 Å². The third kappa shape index (κ3) is 7.18. The number of nitrogens with zero attached hydrogens (tertiary/aromatic N) is 1. The van der Waals surface area contributed by atoms with E-state index >= 15 is 0 Å². The van der Waals surface area contributed by atoms with Gasteiger partial charge in [-0.25, -0.2) is 0 Å². The molecule has 0 aliphatic heterocycles. The number of aryl methyl sites for hydroxylation is 3. The van der Waals surface area contributed by atoms with Crippen molar-refractivity contribution in [2.24, 2.45) is 0 Å². The van der Waals surface area contributed by atoms with Crippen molar-refractivity contribution in [1.29, 1.82) is 0 Å². The molecule has 1 saturated carbocycles. The smallest absolute Gasteiger partial charge is 0.243 e. The van der Waals surface area contributed by atoms with Crippen LogP contribution in [0, 0.1) is 6.92 Å². The Kier molecular flexibility index (Phi) is 9.53. The molecule has 1 aliphatic rings. The van der Waals surface area contributed by atoms with Gasteiger partial charge in [0, 0.05) is 19.0 Å². The molecule has 33 heavy (non-hydrogen) atoms. The summed E-state index contributed by atoms with van der Waals surface area (Å²) in [5, 5.41) is 3.26. The van der Waals surface area contributed by atoms with Crippen molar-refractivity contribution < 1.29 is 9.59 Å². The van der Waals surface area contributed by atoms with Crippen LogP contribution >= 0.6 is 0 Å². The molecule has 2 amide bonds. The standard InChI is InChI=1S/C29H40N2O2/c1-4-23-15-17-24(18-16-23)19-20-28(32)31(21-25-12-10-9-11-22(25)3)27(5-2)29(33)30-26-13-7-6-8-14-26/h9-12,15-18,26-27H,4-8,13-14,19-21H2,1-3H3,(H,30,33)/t27-/m1/s1. The van der Waals surface area contributed by atoms with E-state index in [2.05, 4.69) is 55.6 Å². The lowest BCUT2D eigenvalue weighted by molar-refractivity contribution is -0.141. The van der Waals surface area contributed by atoms with Gasteiger partial charge in [-0.2, -0.15) is 0 Å². The highest BCUT2D eigenvalue weighted by Crippen LogP contribution is 2.20. The number of rotatable bonds is 10. The van der Waals surface area contributed by atoms with E-state index in [4.69, 9.17) is 0 Å². The number of nitrogens with one attached hydrogen (secondary N) is 1. The van der Waals surface area contributed by atoms with E-state index in [0.29, 0.717) is 25.8 Å². The molecule has 4 nitrogen and oxygen atoms in total. The van der Waals surface area contributed by atoms with Gasteiger partial charge >= 0.3 is 0 Å². The van der Waals surface area contributed by atoms with Crippen LogP contribution in [0.2, 0.25) is 0 Å². The maximum absolute atomic E-state index is 13.5. The van der Waals surface area contributed by atoms with Crippen LogP contribution in [-0.2, 0) is 29.0 Å². The lowest BCUT2D eigenvalue weighted by atomic mass is 9.95. The molecule has 178 valence electrons. The molecule has 1 atom stereocenters. The molecule has 2 aromatic rings. The van der Waals surface area contributed by atoms with Gasteiger partial charge in [-0.1, -0.05) is 81.6 Å². The Balaban J connectivity index is 1.74. The van der Waals surface area contributed by atoms with Crippen LogP contribution in [0.1, 0.15) is 81.0 Å². The van der Waals surface area contributed by atoms with Crippen LogP contribution in [0.25, 0.3) is 0 Å². The van der Waals surface area contributed by atoms with Crippen LogP contribution in [0.4, 0.5) is 0 Å². The molecular formula is C29H40N2O2. The molecule has 3 rings (SSSR count). The van der Waals surface area contributed by atoms with Crippen molar-refractivity contribution in [2.45, 2.75) is 97.2 Å². The van der Waals surface area contributed by atoms with Crippen molar-refractivity contribution in [3.05, 3.63) is 70.8 Å². The fourth-order valence-electron chi connectivity index (χ4n) is 4.77. The molecule has 0 saturated heterocycles. The van der Waals surface area contributed by atoms with Crippen molar-refractivity contribution in [2.75, 3.05) is 0 Å². The Morgan fingerprint density at radius 2 is 1.64 bits per heavy atom. The van der Waals surface area contributed by atoms with E-state index < -0.39 is 6.04 Å². The molecule has 0 aromatic heterocycles. The zero-order valence-corrected chi connectivity index (χ0v) is 20.6. The van der Waals surface area contributed by atoms with Gasteiger partial charge in [0.15, 0.2) is 0 Å². The summed E-state index contributed by atoms with van der Waals surface area (Å²) in [5.74, 6) is 0.0436. The molecule has 2 aromatic carbocycles. The van der Waals surface area contributed by atoms with Gasteiger partial charge in [0.25, 0.3) is 0 Å². The van der Waals surface area contributed by atoms with E-state index in [9.17, 15) is 9.59 Å². The molecule has 0 unspecified atom stereocenters. The van der Waals surface area contributed by atoms with Crippen molar-refractivity contribution in [3.63, 3.8) is 0 Å². The molecule has 0 bridgehead atoms. The zero-order chi connectivity index (χ0) is 23.6. The number of carbonyl (C=O) groups excluding carboxylic acids is 2. The summed E-state index contributed by atoms with van der Waals surface area (Å²) in [5.41, 5.74) is 4.71. The summed E-state index contributed by atoms with van der Waals surface area (Å²) in [6.45, 7) is 6.69. The third-order valence-corrected chi connectivity index (χ3v) is 7.00. The van der Waals surface area contributed by atoms with Gasteiger partial charge < -0.3 is 10.2 Å². The summed E-state index contributed by atoms with van der Waals surface area (Å²) < 4.78 is 0. The fourth-order valence-corrected chi connectivity index (χ4v) is 4.77. The molecule has 0 radical (unpaired) electrons. The first-order chi connectivity index (χ1) is 16.0. The van der Waals surface area contributed by atoms with Crippen LogP contribution < -0.4 is 5.32 Å². The second-order valence-electron chi connectivity index (χ2n) is 9.39. The minimum absolute atomic E-state index is 0.00127. The number of benzene rings is 2.